The number of aryl methyl sites for hydroxylation is 1. The number of amides is 3. The van der Waals surface area contributed by atoms with Crippen molar-refractivity contribution in [3.05, 3.63) is 104 Å². The van der Waals surface area contributed by atoms with Crippen molar-refractivity contribution < 1.29 is 28.3 Å². The second-order valence-corrected chi connectivity index (χ2v) is 9.86. The van der Waals surface area contributed by atoms with Crippen molar-refractivity contribution in [1.82, 2.24) is 10.2 Å². The number of hydrogen-bond acceptors (Lipinski definition) is 6. The van der Waals surface area contributed by atoms with Gasteiger partial charge in [0.25, 0.3) is 5.91 Å². The summed E-state index contributed by atoms with van der Waals surface area (Å²) in [6, 6.07) is 15.3. The molecule has 0 unspecified atom stereocenters. The van der Waals surface area contributed by atoms with Crippen LogP contribution in [0.3, 0.4) is 0 Å². The van der Waals surface area contributed by atoms with Gasteiger partial charge in [-0.05, 0) is 55.8 Å². The van der Waals surface area contributed by atoms with Crippen LogP contribution in [0.25, 0.3) is 6.08 Å². The molecule has 0 saturated carbocycles. The van der Waals surface area contributed by atoms with E-state index < -0.39 is 17.8 Å². The van der Waals surface area contributed by atoms with E-state index in [4.69, 9.17) is 32.4 Å². The molecule has 40 heavy (non-hydrogen) atoms. The van der Waals surface area contributed by atoms with E-state index in [-0.39, 0.29) is 41.6 Å². The zero-order valence-corrected chi connectivity index (χ0v) is 23.4. The van der Waals surface area contributed by atoms with Crippen LogP contribution in [0.2, 0.25) is 10.0 Å². The van der Waals surface area contributed by atoms with Crippen LogP contribution >= 0.6 is 23.2 Å². The largest absolute Gasteiger partial charge is 0.465 e. The Morgan fingerprint density at radius 1 is 0.975 bits per heavy atom. The van der Waals surface area contributed by atoms with Crippen molar-refractivity contribution in [1.29, 1.82) is 0 Å². The second-order valence-electron chi connectivity index (χ2n) is 8.99. The van der Waals surface area contributed by atoms with E-state index in [9.17, 15) is 19.2 Å². The van der Waals surface area contributed by atoms with E-state index in [1.807, 2.05) is 31.2 Å². The Morgan fingerprint density at radius 2 is 1.65 bits per heavy atom. The number of carbonyl (C=O) groups is 4. The molecule has 206 valence electrons. The van der Waals surface area contributed by atoms with Crippen molar-refractivity contribution >= 4 is 58.7 Å². The molecule has 0 atom stereocenters. The van der Waals surface area contributed by atoms with Crippen LogP contribution in [0.1, 0.15) is 29.6 Å². The summed E-state index contributed by atoms with van der Waals surface area (Å²) >= 11 is 11.8. The molecule has 2 aromatic carbocycles. The van der Waals surface area contributed by atoms with Crippen molar-refractivity contribution in [2.24, 2.45) is 0 Å². The maximum Gasteiger partial charge on any atom is 0.340 e. The molecule has 1 aromatic heterocycles. The van der Waals surface area contributed by atoms with Gasteiger partial charge >= 0.3 is 17.8 Å². The molecule has 2 N–H and O–H groups in total. The monoisotopic (exact) mass is 581 g/mol. The molecule has 4 rings (SSSR count). The van der Waals surface area contributed by atoms with E-state index >= 15 is 0 Å². The number of anilines is 1. The average Bonchev–Trinajstić information content (AvgIpc) is 3.45. The van der Waals surface area contributed by atoms with Gasteiger partial charge in [0.15, 0.2) is 0 Å². The van der Waals surface area contributed by atoms with Gasteiger partial charge in [0.05, 0.1) is 31.3 Å². The summed E-state index contributed by atoms with van der Waals surface area (Å²) in [6.07, 6.45) is 1.45. The van der Waals surface area contributed by atoms with Crippen molar-refractivity contribution in [3.8, 4) is 0 Å². The second kappa shape index (κ2) is 12.2. The highest BCUT2D eigenvalue weighted by atomic mass is 35.5. The predicted molar refractivity (Wildman–Crippen MR) is 150 cm³/mol. The van der Waals surface area contributed by atoms with Gasteiger partial charge in [-0.1, -0.05) is 53.0 Å². The summed E-state index contributed by atoms with van der Waals surface area (Å²) < 4.78 is 10.7. The molecular formula is C29H25Cl2N3O6. The minimum Gasteiger partial charge on any atom is -0.465 e. The topological polar surface area (TPSA) is 118 Å². The summed E-state index contributed by atoms with van der Waals surface area (Å²) in [4.78, 5) is 52.0. The Balaban J connectivity index is 1.46. The average molecular weight is 582 g/mol. The highest BCUT2D eigenvalue weighted by Gasteiger charge is 2.37. The Morgan fingerprint density at radius 3 is 2.30 bits per heavy atom. The van der Waals surface area contributed by atoms with Crippen LogP contribution in [0.4, 0.5) is 5.69 Å². The fourth-order valence-corrected chi connectivity index (χ4v) is 4.59. The van der Waals surface area contributed by atoms with Crippen molar-refractivity contribution in [2.75, 3.05) is 12.4 Å². The quantitative estimate of drug-likeness (QED) is 0.230. The van der Waals surface area contributed by atoms with Crippen molar-refractivity contribution in [3.63, 3.8) is 0 Å². The van der Waals surface area contributed by atoms with Gasteiger partial charge in [0.1, 0.15) is 11.5 Å². The maximum absolute atomic E-state index is 13.4. The SMILES string of the molecule is COC(=O)C1=C(C)N(Cc2ccc(C)cc2)C(=O)/C1=C/c1ccc(CNC(=O)C(=O)Nc2cc(Cl)cc(Cl)c2)o1. The van der Waals surface area contributed by atoms with Crippen LogP contribution in [-0.2, 0) is 37.0 Å². The summed E-state index contributed by atoms with van der Waals surface area (Å²) in [5.41, 5.74) is 3.00. The standard InChI is InChI=1S/C29H25Cl2N3O6/c1-16-4-6-18(7-5-16)15-34-17(2)25(29(38)39-3)24(28(34)37)13-22-8-9-23(40-22)14-32-26(35)27(36)33-21-11-19(30)10-20(31)12-21/h4-13H,14-15H2,1-3H3,(H,32,35)(H,33,36)/b24-13+. The molecule has 0 radical (unpaired) electrons. The van der Waals surface area contributed by atoms with E-state index in [2.05, 4.69) is 10.6 Å². The normalized spacial score (nSPS) is 14.1. The lowest BCUT2D eigenvalue weighted by Gasteiger charge is -2.18. The highest BCUT2D eigenvalue weighted by Crippen LogP contribution is 2.33. The molecule has 3 amide bonds. The van der Waals surface area contributed by atoms with Gasteiger partial charge in [-0.3, -0.25) is 14.4 Å². The van der Waals surface area contributed by atoms with Gasteiger partial charge in [-0.25, -0.2) is 4.79 Å². The Kier molecular flexibility index (Phi) is 8.77. The number of ether oxygens (including phenoxy) is 1. The smallest absolute Gasteiger partial charge is 0.340 e. The molecule has 0 saturated heterocycles. The Bertz CT molecular complexity index is 1540. The van der Waals surface area contributed by atoms with Gasteiger partial charge in [0, 0.05) is 21.4 Å². The molecule has 9 nitrogen and oxygen atoms in total. The fourth-order valence-electron chi connectivity index (χ4n) is 4.07. The van der Waals surface area contributed by atoms with Gasteiger partial charge in [-0.2, -0.15) is 0 Å². The minimum atomic E-state index is -0.916. The number of allylic oxidation sites excluding steroid dienone is 1. The molecule has 1 aliphatic heterocycles. The predicted octanol–water partition coefficient (Wildman–Crippen LogP) is 5.02. The molecule has 11 heteroatoms. The van der Waals surface area contributed by atoms with E-state index in [0.717, 1.165) is 11.1 Å². The lowest BCUT2D eigenvalue weighted by atomic mass is 10.1. The summed E-state index contributed by atoms with van der Waals surface area (Å²) in [5, 5.41) is 5.48. The highest BCUT2D eigenvalue weighted by molar-refractivity contribution is 6.40. The third kappa shape index (κ3) is 6.62. The van der Waals surface area contributed by atoms with Crippen LogP contribution < -0.4 is 10.6 Å². The Hall–Kier alpha value is -4.34. The van der Waals surface area contributed by atoms with Crippen LogP contribution in [0, 0.1) is 6.92 Å². The number of hydrogen-bond donors (Lipinski definition) is 2. The first-order valence-corrected chi connectivity index (χ1v) is 12.8. The third-order valence-electron chi connectivity index (χ3n) is 6.08. The maximum atomic E-state index is 13.4. The van der Waals surface area contributed by atoms with Crippen LogP contribution in [-0.4, -0.2) is 35.7 Å². The number of carbonyl (C=O) groups excluding carboxylic acids is 4. The first-order valence-electron chi connectivity index (χ1n) is 12.1. The van der Waals surface area contributed by atoms with E-state index in [1.54, 1.807) is 19.1 Å². The fraction of sp³-hybridized carbons (Fsp3) is 0.172. The third-order valence-corrected chi connectivity index (χ3v) is 6.52. The number of methoxy groups -OCH3 is 1. The molecule has 0 fully saturated rings. The zero-order chi connectivity index (χ0) is 29.0. The lowest BCUT2D eigenvalue weighted by Crippen LogP contribution is -2.34. The summed E-state index contributed by atoms with van der Waals surface area (Å²) in [6.45, 7) is 3.84. The number of rotatable bonds is 7. The zero-order valence-electron chi connectivity index (χ0n) is 21.8. The number of halogens is 2. The molecule has 1 aliphatic rings. The van der Waals surface area contributed by atoms with Gasteiger partial charge < -0.3 is 24.7 Å². The molecular weight excluding hydrogens is 557 g/mol. The number of furan rings is 1. The Labute approximate surface area is 240 Å². The molecule has 0 bridgehead atoms. The number of nitrogens with one attached hydrogen (secondary N) is 2. The summed E-state index contributed by atoms with van der Waals surface area (Å²) in [7, 11) is 1.25. The summed E-state index contributed by atoms with van der Waals surface area (Å²) in [5.74, 6) is -2.24. The first-order chi connectivity index (χ1) is 19.0. The number of benzene rings is 2. The van der Waals surface area contributed by atoms with Gasteiger partial charge in [-0.15, -0.1) is 0 Å². The molecule has 2 heterocycles. The van der Waals surface area contributed by atoms with Crippen molar-refractivity contribution in [2.45, 2.75) is 26.9 Å². The van der Waals surface area contributed by atoms with Crippen LogP contribution in [0.15, 0.2) is 75.9 Å². The first kappa shape index (κ1) is 28.7. The van der Waals surface area contributed by atoms with Crippen LogP contribution in [0.5, 0.6) is 0 Å². The number of nitrogens with zero attached hydrogens (tertiary/aromatic N) is 1. The molecule has 0 spiro atoms. The lowest BCUT2D eigenvalue weighted by molar-refractivity contribution is -0.136. The minimum absolute atomic E-state index is 0.0993. The molecule has 0 aliphatic carbocycles. The number of esters is 1. The molecule has 3 aromatic rings. The van der Waals surface area contributed by atoms with Gasteiger partial charge in [0.2, 0.25) is 0 Å². The van der Waals surface area contributed by atoms with E-state index in [1.165, 1.54) is 36.3 Å². The van der Waals surface area contributed by atoms with E-state index in [0.29, 0.717) is 21.5 Å².